The molecule has 0 bridgehead atoms. The smallest absolute Gasteiger partial charge is 0.242 e. The average Bonchev–Trinajstić information content (AvgIpc) is 2.71. The molecule has 0 atom stereocenters. The third-order valence-electron chi connectivity index (χ3n) is 3.25. The van der Waals surface area contributed by atoms with Crippen molar-refractivity contribution in [2.45, 2.75) is 44.6 Å². The van der Waals surface area contributed by atoms with Gasteiger partial charge in [0.15, 0.2) is 0 Å². The van der Waals surface area contributed by atoms with Crippen molar-refractivity contribution in [3.8, 4) is 0 Å². The highest BCUT2D eigenvalue weighted by Gasteiger charge is 2.16. The molecule has 0 saturated heterocycles. The first-order chi connectivity index (χ1) is 9.36. The van der Waals surface area contributed by atoms with E-state index in [4.69, 9.17) is 0 Å². The molecule has 1 aromatic rings. The lowest BCUT2D eigenvalue weighted by Gasteiger charge is -2.06. The molecule has 1 heterocycles. The van der Waals surface area contributed by atoms with Gasteiger partial charge in [0.25, 0.3) is 0 Å². The van der Waals surface area contributed by atoms with Crippen LogP contribution in [0.25, 0.3) is 0 Å². The lowest BCUT2D eigenvalue weighted by Crippen LogP contribution is -2.24. The van der Waals surface area contributed by atoms with Crippen LogP contribution in [-0.2, 0) is 23.6 Å². The van der Waals surface area contributed by atoms with Crippen LogP contribution in [0.1, 0.15) is 38.8 Å². The molecule has 0 amide bonds. The van der Waals surface area contributed by atoms with E-state index in [0.717, 1.165) is 25.0 Å². The second kappa shape index (κ2) is 7.81. The normalized spacial score (nSPS) is 12.2. The predicted molar refractivity (Wildman–Crippen MR) is 82.1 cm³/mol. The summed E-state index contributed by atoms with van der Waals surface area (Å²) in [7, 11) is 0.317. The maximum atomic E-state index is 12.2. The maximum Gasteiger partial charge on any atom is 0.242 e. The first kappa shape index (κ1) is 17.2. The average molecular weight is 301 g/mol. The third kappa shape index (κ3) is 5.26. The minimum atomic E-state index is -3.38. The van der Waals surface area contributed by atoms with E-state index < -0.39 is 10.0 Å². The van der Waals surface area contributed by atoms with Gasteiger partial charge < -0.3 is 9.88 Å². The number of aryl methyl sites for hydroxylation is 1. The van der Waals surface area contributed by atoms with Crippen LogP contribution >= 0.6 is 0 Å². The van der Waals surface area contributed by atoms with E-state index in [1.807, 2.05) is 18.7 Å². The third-order valence-corrected chi connectivity index (χ3v) is 4.68. The summed E-state index contributed by atoms with van der Waals surface area (Å²) in [5.74, 6) is 0.671. The molecule has 2 N–H and O–H groups in total. The SMILES string of the molecule is CNCc1cc(S(=O)(=O)NCCCCC(C)C)cn1C. The molecule has 0 aromatic carbocycles. The van der Waals surface area contributed by atoms with Crippen LogP contribution in [0.4, 0.5) is 0 Å². The van der Waals surface area contributed by atoms with Crippen molar-refractivity contribution in [3.63, 3.8) is 0 Å². The lowest BCUT2D eigenvalue weighted by atomic mass is 10.1. The standard InChI is InChI=1S/C14H27N3O2S/c1-12(2)7-5-6-8-16-20(18,19)14-9-13(10-15-3)17(4)11-14/h9,11-12,15-16H,5-8,10H2,1-4H3. The monoisotopic (exact) mass is 301 g/mol. The van der Waals surface area contributed by atoms with Crippen LogP contribution in [-0.4, -0.2) is 26.6 Å². The molecule has 116 valence electrons. The second-order valence-electron chi connectivity index (χ2n) is 5.60. The zero-order valence-electron chi connectivity index (χ0n) is 12.9. The van der Waals surface area contributed by atoms with Gasteiger partial charge in [-0.05, 0) is 25.5 Å². The molecule has 0 spiro atoms. The molecule has 0 saturated carbocycles. The van der Waals surface area contributed by atoms with Crippen molar-refractivity contribution >= 4 is 10.0 Å². The molecular weight excluding hydrogens is 274 g/mol. The molecule has 0 aliphatic rings. The molecule has 6 heteroatoms. The van der Waals surface area contributed by atoms with Gasteiger partial charge in [-0.25, -0.2) is 13.1 Å². The maximum absolute atomic E-state index is 12.2. The number of nitrogens with zero attached hydrogens (tertiary/aromatic N) is 1. The van der Waals surface area contributed by atoms with Crippen molar-refractivity contribution < 1.29 is 8.42 Å². The Morgan fingerprint density at radius 2 is 2.00 bits per heavy atom. The van der Waals surface area contributed by atoms with Crippen LogP contribution < -0.4 is 10.0 Å². The van der Waals surface area contributed by atoms with Crippen molar-refractivity contribution in [1.29, 1.82) is 0 Å². The van der Waals surface area contributed by atoms with Crippen molar-refractivity contribution in [3.05, 3.63) is 18.0 Å². The number of sulfonamides is 1. The Morgan fingerprint density at radius 3 is 2.60 bits per heavy atom. The number of nitrogens with one attached hydrogen (secondary N) is 2. The van der Waals surface area contributed by atoms with Gasteiger partial charge in [-0.1, -0.05) is 26.7 Å². The van der Waals surface area contributed by atoms with Gasteiger partial charge in [0, 0.05) is 32.0 Å². The van der Waals surface area contributed by atoms with E-state index in [1.54, 1.807) is 12.3 Å². The second-order valence-corrected chi connectivity index (χ2v) is 7.36. The zero-order valence-corrected chi connectivity index (χ0v) is 13.8. The summed E-state index contributed by atoms with van der Waals surface area (Å²) in [4.78, 5) is 0.342. The molecule has 1 rings (SSSR count). The fraction of sp³-hybridized carbons (Fsp3) is 0.714. The van der Waals surface area contributed by atoms with Gasteiger partial charge in [-0.2, -0.15) is 0 Å². The summed E-state index contributed by atoms with van der Waals surface area (Å²) in [6, 6.07) is 1.72. The van der Waals surface area contributed by atoms with E-state index in [9.17, 15) is 8.42 Å². The zero-order chi connectivity index (χ0) is 15.2. The van der Waals surface area contributed by atoms with Gasteiger partial charge >= 0.3 is 0 Å². The fourth-order valence-corrected chi connectivity index (χ4v) is 3.22. The number of hydrogen-bond donors (Lipinski definition) is 2. The molecule has 0 fully saturated rings. The summed E-state index contributed by atoms with van der Waals surface area (Å²) < 4.78 is 28.8. The predicted octanol–water partition coefficient (Wildman–Crippen LogP) is 1.85. The van der Waals surface area contributed by atoms with Gasteiger partial charge in [-0.3, -0.25) is 0 Å². The Hall–Kier alpha value is -0.850. The summed E-state index contributed by atoms with van der Waals surface area (Å²) in [6.45, 7) is 5.51. The van der Waals surface area contributed by atoms with Crippen molar-refractivity contribution in [2.75, 3.05) is 13.6 Å². The number of unbranched alkanes of at least 4 members (excludes halogenated alkanes) is 1. The van der Waals surface area contributed by atoms with Gasteiger partial charge in [-0.15, -0.1) is 0 Å². The highest BCUT2D eigenvalue weighted by molar-refractivity contribution is 7.89. The first-order valence-electron chi connectivity index (χ1n) is 7.16. The van der Waals surface area contributed by atoms with E-state index in [2.05, 4.69) is 23.9 Å². The highest BCUT2D eigenvalue weighted by Crippen LogP contribution is 2.13. The van der Waals surface area contributed by atoms with Gasteiger partial charge in [0.2, 0.25) is 10.0 Å². The molecule has 0 radical (unpaired) electrons. The molecule has 0 aliphatic carbocycles. The van der Waals surface area contributed by atoms with Crippen LogP contribution in [0.2, 0.25) is 0 Å². The van der Waals surface area contributed by atoms with E-state index >= 15 is 0 Å². The molecular formula is C14H27N3O2S. The van der Waals surface area contributed by atoms with Crippen molar-refractivity contribution in [1.82, 2.24) is 14.6 Å². The Kier molecular flexibility index (Phi) is 6.71. The van der Waals surface area contributed by atoms with Crippen LogP contribution in [0.15, 0.2) is 17.2 Å². The van der Waals surface area contributed by atoms with E-state index in [0.29, 0.717) is 23.9 Å². The Bertz CT molecular complexity index is 506. The Morgan fingerprint density at radius 1 is 1.30 bits per heavy atom. The van der Waals surface area contributed by atoms with Crippen LogP contribution in [0.3, 0.4) is 0 Å². The van der Waals surface area contributed by atoms with E-state index in [-0.39, 0.29) is 0 Å². The highest BCUT2D eigenvalue weighted by atomic mass is 32.2. The topological polar surface area (TPSA) is 63.1 Å². The quantitative estimate of drug-likeness (QED) is 0.684. The summed E-state index contributed by atoms with van der Waals surface area (Å²) in [6.07, 6.45) is 4.73. The number of rotatable bonds is 9. The molecule has 1 aromatic heterocycles. The molecule has 5 nitrogen and oxygen atoms in total. The van der Waals surface area contributed by atoms with Crippen LogP contribution in [0.5, 0.6) is 0 Å². The fourth-order valence-electron chi connectivity index (χ4n) is 2.05. The largest absolute Gasteiger partial charge is 0.352 e. The minimum Gasteiger partial charge on any atom is -0.352 e. The summed E-state index contributed by atoms with van der Waals surface area (Å²) in [5.41, 5.74) is 0.952. The minimum absolute atomic E-state index is 0.342. The Labute approximate surface area is 122 Å². The summed E-state index contributed by atoms with van der Waals surface area (Å²) in [5, 5.41) is 3.02. The van der Waals surface area contributed by atoms with Crippen molar-refractivity contribution in [2.24, 2.45) is 13.0 Å². The van der Waals surface area contributed by atoms with Gasteiger partial charge in [0.05, 0.1) is 4.90 Å². The first-order valence-corrected chi connectivity index (χ1v) is 8.64. The molecule has 20 heavy (non-hydrogen) atoms. The van der Waals surface area contributed by atoms with E-state index in [1.165, 1.54) is 0 Å². The Balaban J connectivity index is 2.54. The summed E-state index contributed by atoms with van der Waals surface area (Å²) >= 11 is 0. The molecule has 0 aliphatic heterocycles. The van der Waals surface area contributed by atoms with Gasteiger partial charge in [0.1, 0.15) is 0 Å². The lowest BCUT2D eigenvalue weighted by molar-refractivity contribution is 0.530. The van der Waals surface area contributed by atoms with Crippen LogP contribution in [0, 0.1) is 5.92 Å². The number of aromatic nitrogens is 1. The molecule has 0 unspecified atom stereocenters. The number of hydrogen-bond acceptors (Lipinski definition) is 3.